The summed E-state index contributed by atoms with van der Waals surface area (Å²) in [5.74, 6) is 5.14. The van der Waals surface area contributed by atoms with Crippen molar-refractivity contribution in [3.63, 3.8) is 0 Å². The number of halogens is 5. The quantitative estimate of drug-likeness (QED) is 0.436. The Labute approximate surface area is 203 Å². The van der Waals surface area contributed by atoms with Crippen molar-refractivity contribution < 1.29 is 9.53 Å². The third-order valence-electron chi connectivity index (χ3n) is 4.06. The molecule has 1 N–H and O–H groups in total. The van der Waals surface area contributed by atoms with Gasteiger partial charge in [-0.05, 0) is 43.4 Å². The van der Waals surface area contributed by atoms with E-state index in [1.807, 2.05) is 0 Å². The van der Waals surface area contributed by atoms with Crippen LogP contribution in [0.5, 0.6) is 5.75 Å². The van der Waals surface area contributed by atoms with E-state index in [1.165, 1.54) is 12.1 Å². The zero-order chi connectivity index (χ0) is 21.4. The van der Waals surface area contributed by atoms with Gasteiger partial charge in [0.25, 0.3) is 0 Å². The summed E-state index contributed by atoms with van der Waals surface area (Å²) >= 11 is 24.2. The Hall–Kier alpha value is -1.32. The fraction of sp³-hybridized carbons (Fsp3) is 0.286. The first kappa shape index (κ1) is 26.7. The molecule has 9 heteroatoms. The number of benzene rings is 2. The number of amides is 1. The molecule has 30 heavy (non-hydrogen) atoms. The molecule has 0 atom stereocenters. The maximum atomic E-state index is 12.1. The van der Waals surface area contributed by atoms with Gasteiger partial charge >= 0.3 is 5.91 Å². The molecule has 0 heterocycles. The van der Waals surface area contributed by atoms with Crippen LogP contribution in [0.2, 0.25) is 20.1 Å². The van der Waals surface area contributed by atoms with Gasteiger partial charge in [-0.15, -0.1) is 12.4 Å². The summed E-state index contributed by atoms with van der Waals surface area (Å²) in [5, 5.41) is 3.99. The van der Waals surface area contributed by atoms with Crippen molar-refractivity contribution in [3.05, 3.63) is 56.0 Å². The molecule has 162 valence electrons. The number of hydrogen-bond donors (Lipinski definition) is 1. The van der Waals surface area contributed by atoms with Crippen molar-refractivity contribution in [2.24, 2.45) is 0 Å². The first-order valence-corrected chi connectivity index (χ1v) is 10.5. The van der Waals surface area contributed by atoms with Gasteiger partial charge in [0.15, 0.2) is 0 Å². The minimum absolute atomic E-state index is 0. The number of nitrogens with zero attached hydrogens (tertiary/aromatic N) is 1. The number of carbonyl (C=O) groups is 1. The number of rotatable bonds is 7. The average Bonchev–Trinajstić information content (AvgIpc) is 2.66. The van der Waals surface area contributed by atoms with Crippen LogP contribution in [0.3, 0.4) is 0 Å². The minimum atomic E-state index is -0.529. The molecule has 2 aromatic rings. The van der Waals surface area contributed by atoms with Gasteiger partial charge in [-0.3, -0.25) is 4.79 Å². The Balaban J connectivity index is 0.00000450. The highest BCUT2D eigenvalue weighted by Gasteiger charge is 2.08. The summed E-state index contributed by atoms with van der Waals surface area (Å²) < 4.78 is 5.72. The summed E-state index contributed by atoms with van der Waals surface area (Å²) in [6, 6.07) is 8.03. The third kappa shape index (κ3) is 8.07. The van der Waals surface area contributed by atoms with E-state index in [2.05, 4.69) is 35.9 Å². The maximum absolute atomic E-state index is 12.1. The predicted molar refractivity (Wildman–Crippen MR) is 129 cm³/mol. The second kappa shape index (κ2) is 13.2. The second-order valence-electron chi connectivity index (χ2n) is 5.97. The number of carbonyl (C=O) groups excluding carboxylic acids is 1. The summed E-state index contributed by atoms with van der Waals surface area (Å²) in [5.41, 5.74) is 0.835. The summed E-state index contributed by atoms with van der Waals surface area (Å²) in [6.45, 7) is 7.48. The molecule has 2 rings (SSSR count). The molecule has 0 bridgehead atoms. The second-order valence-corrected chi connectivity index (χ2v) is 7.63. The van der Waals surface area contributed by atoms with Crippen LogP contribution < -0.4 is 10.1 Å². The van der Waals surface area contributed by atoms with E-state index in [0.29, 0.717) is 33.7 Å². The summed E-state index contributed by atoms with van der Waals surface area (Å²) in [7, 11) is 0. The lowest BCUT2D eigenvalue weighted by molar-refractivity contribution is -0.111. The Morgan fingerprint density at radius 2 is 1.67 bits per heavy atom. The molecule has 0 fully saturated rings. The normalized spacial score (nSPS) is 10.1. The molecular formula is C21H21Cl5N2O2. The van der Waals surface area contributed by atoms with Gasteiger partial charge in [-0.2, -0.15) is 0 Å². The van der Waals surface area contributed by atoms with Crippen LogP contribution in [0.25, 0.3) is 0 Å². The molecule has 0 aliphatic rings. The summed E-state index contributed by atoms with van der Waals surface area (Å²) in [4.78, 5) is 14.4. The standard InChI is InChI=1S/C21H20Cl4N2O2.ClH/c1-3-27(4-2)9-10-29-20-7-5-15(13-19(20)25)26-21(28)8-6-16-17(23)11-14(22)12-18(16)24;/h5,7,11-13H,3-4,9-10H2,1-2H3,(H,26,28);1H. The van der Waals surface area contributed by atoms with Gasteiger partial charge in [0, 0.05) is 23.2 Å². The maximum Gasteiger partial charge on any atom is 0.300 e. The Kier molecular flexibility index (Phi) is 11.7. The van der Waals surface area contributed by atoms with Gasteiger partial charge < -0.3 is 15.0 Å². The summed E-state index contributed by atoms with van der Waals surface area (Å²) in [6.07, 6.45) is 0. The fourth-order valence-corrected chi connectivity index (χ4v) is 3.61. The highest BCUT2D eigenvalue weighted by atomic mass is 35.5. The third-order valence-corrected chi connectivity index (χ3v) is 5.17. The van der Waals surface area contributed by atoms with Crippen LogP contribution in [-0.4, -0.2) is 37.0 Å². The predicted octanol–water partition coefficient (Wildman–Crippen LogP) is 6.43. The highest BCUT2D eigenvalue weighted by molar-refractivity contribution is 6.39. The molecule has 1 amide bonds. The van der Waals surface area contributed by atoms with Crippen LogP contribution in [-0.2, 0) is 4.79 Å². The van der Waals surface area contributed by atoms with Crippen LogP contribution in [0, 0.1) is 11.8 Å². The van der Waals surface area contributed by atoms with Crippen molar-refractivity contribution in [1.29, 1.82) is 0 Å². The van der Waals surface area contributed by atoms with E-state index in [4.69, 9.17) is 51.1 Å². The number of hydrogen-bond acceptors (Lipinski definition) is 3. The molecule has 0 aromatic heterocycles. The lowest BCUT2D eigenvalue weighted by Crippen LogP contribution is -2.27. The van der Waals surface area contributed by atoms with Gasteiger partial charge in [-0.25, -0.2) is 0 Å². The van der Waals surface area contributed by atoms with Gasteiger partial charge in [0.2, 0.25) is 0 Å². The number of likely N-dealkylation sites (N-methyl/N-ethyl adjacent to an activating group) is 1. The monoisotopic (exact) mass is 508 g/mol. The molecule has 0 unspecified atom stereocenters. The molecule has 0 saturated heterocycles. The number of nitrogens with one attached hydrogen (secondary N) is 1. The SMILES string of the molecule is CCN(CC)CCOc1ccc(NC(=O)C#Cc2c(Cl)cc(Cl)cc2Cl)cc1Cl.Cl. The Bertz CT molecular complexity index is 914. The van der Waals surface area contributed by atoms with E-state index in [9.17, 15) is 4.79 Å². The topological polar surface area (TPSA) is 41.6 Å². The molecule has 0 aliphatic carbocycles. The molecule has 0 saturated carbocycles. The van der Waals surface area contributed by atoms with Crippen molar-refractivity contribution in [2.75, 3.05) is 31.6 Å². The Morgan fingerprint density at radius 1 is 1.03 bits per heavy atom. The van der Waals surface area contributed by atoms with Crippen LogP contribution in [0.15, 0.2) is 30.3 Å². The Morgan fingerprint density at radius 3 is 2.23 bits per heavy atom. The van der Waals surface area contributed by atoms with E-state index in [-0.39, 0.29) is 22.5 Å². The average molecular weight is 511 g/mol. The van der Waals surface area contributed by atoms with E-state index < -0.39 is 5.91 Å². The molecule has 0 spiro atoms. The fourth-order valence-electron chi connectivity index (χ4n) is 2.46. The first-order valence-electron chi connectivity index (χ1n) is 8.96. The van der Waals surface area contributed by atoms with E-state index in [1.54, 1.807) is 18.2 Å². The first-order chi connectivity index (χ1) is 13.8. The zero-order valence-electron chi connectivity index (χ0n) is 16.4. The lowest BCUT2D eigenvalue weighted by atomic mass is 10.2. The molecule has 0 radical (unpaired) electrons. The van der Waals surface area contributed by atoms with Gasteiger partial charge in [0.05, 0.1) is 20.6 Å². The molecule has 0 aliphatic heterocycles. The minimum Gasteiger partial charge on any atom is -0.491 e. The molecule has 2 aromatic carbocycles. The van der Waals surface area contributed by atoms with Crippen molar-refractivity contribution in [2.45, 2.75) is 13.8 Å². The van der Waals surface area contributed by atoms with Gasteiger partial charge in [0.1, 0.15) is 12.4 Å². The molecular weight excluding hydrogens is 490 g/mol. The number of anilines is 1. The van der Waals surface area contributed by atoms with Crippen molar-refractivity contribution in [3.8, 4) is 17.6 Å². The van der Waals surface area contributed by atoms with Crippen LogP contribution >= 0.6 is 58.8 Å². The lowest BCUT2D eigenvalue weighted by Gasteiger charge is -2.18. The smallest absolute Gasteiger partial charge is 0.300 e. The van der Waals surface area contributed by atoms with Crippen molar-refractivity contribution >= 4 is 70.4 Å². The van der Waals surface area contributed by atoms with E-state index >= 15 is 0 Å². The zero-order valence-corrected chi connectivity index (χ0v) is 20.2. The van der Waals surface area contributed by atoms with Crippen LogP contribution in [0.1, 0.15) is 19.4 Å². The molecule has 4 nitrogen and oxygen atoms in total. The van der Waals surface area contributed by atoms with Crippen LogP contribution in [0.4, 0.5) is 5.69 Å². The van der Waals surface area contributed by atoms with Gasteiger partial charge in [-0.1, -0.05) is 66.2 Å². The largest absolute Gasteiger partial charge is 0.491 e. The number of ether oxygens (including phenoxy) is 1. The van der Waals surface area contributed by atoms with Crippen molar-refractivity contribution in [1.82, 2.24) is 4.90 Å². The van der Waals surface area contributed by atoms with E-state index in [0.717, 1.165) is 19.6 Å². The highest BCUT2D eigenvalue weighted by Crippen LogP contribution is 2.29.